The van der Waals surface area contributed by atoms with Gasteiger partial charge in [0.15, 0.2) is 0 Å². The SMILES string of the molecule is CN=C1CCCN1C(C)(C)C. The lowest BCUT2D eigenvalue weighted by molar-refractivity contribution is 0.255. The molecule has 11 heavy (non-hydrogen) atoms. The predicted molar refractivity (Wildman–Crippen MR) is 49.1 cm³/mol. The Labute approximate surface area is 69.3 Å². The Kier molecular flexibility index (Phi) is 2.21. The first-order valence-electron chi connectivity index (χ1n) is 4.29. The van der Waals surface area contributed by atoms with Crippen LogP contribution >= 0.6 is 0 Å². The molecule has 0 spiro atoms. The van der Waals surface area contributed by atoms with Gasteiger partial charge in [0.1, 0.15) is 0 Å². The molecule has 1 fully saturated rings. The second-order valence-corrected chi connectivity index (χ2v) is 4.07. The number of nitrogens with zero attached hydrogens (tertiary/aromatic N) is 2. The van der Waals surface area contributed by atoms with Crippen molar-refractivity contribution in [1.82, 2.24) is 4.90 Å². The molecule has 0 amide bonds. The maximum Gasteiger partial charge on any atom is 0.0990 e. The fraction of sp³-hybridized carbons (Fsp3) is 0.889. The summed E-state index contributed by atoms with van der Waals surface area (Å²) in [7, 11) is 1.89. The van der Waals surface area contributed by atoms with E-state index in [1.807, 2.05) is 7.05 Å². The summed E-state index contributed by atoms with van der Waals surface area (Å²) in [5, 5.41) is 0. The standard InChI is InChI=1S/C9H18N2/c1-9(2,3)11-7-5-6-8(11)10-4/h5-7H2,1-4H3. The van der Waals surface area contributed by atoms with E-state index in [-0.39, 0.29) is 5.54 Å². The zero-order chi connectivity index (χ0) is 8.48. The first-order valence-corrected chi connectivity index (χ1v) is 4.29. The summed E-state index contributed by atoms with van der Waals surface area (Å²) < 4.78 is 0. The van der Waals surface area contributed by atoms with E-state index in [0.717, 1.165) is 6.42 Å². The third-order valence-electron chi connectivity index (χ3n) is 2.16. The van der Waals surface area contributed by atoms with Crippen LogP contribution in [-0.4, -0.2) is 29.9 Å². The Bertz CT molecular complexity index is 165. The van der Waals surface area contributed by atoms with Gasteiger partial charge in [-0.2, -0.15) is 0 Å². The zero-order valence-electron chi connectivity index (χ0n) is 8.02. The highest BCUT2D eigenvalue weighted by Crippen LogP contribution is 2.21. The average Bonchev–Trinajstić information content (AvgIpc) is 2.31. The van der Waals surface area contributed by atoms with E-state index < -0.39 is 0 Å². The van der Waals surface area contributed by atoms with E-state index in [1.165, 1.54) is 18.8 Å². The highest BCUT2D eigenvalue weighted by Gasteiger charge is 2.27. The van der Waals surface area contributed by atoms with Gasteiger partial charge in [-0.3, -0.25) is 4.99 Å². The van der Waals surface area contributed by atoms with Gasteiger partial charge in [0.05, 0.1) is 5.84 Å². The summed E-state index contributed by atoms with van der Waals surface area (Å²) in [6.07, 6.45) is 2.43. The lowest BCUT2D eigenvalue weighted by Crippen LogP contribution is -2.41. The van der Waals surface area contributed by atoms with E-state index >= 15 is 0 Å². The molecule has 1 aliphatic rings. The van der Waals surface area contributed by atoms with Crippen molar-refractivity contribution in [3.05, 3.63) is 0 Å². The predicted octanol–water partition coefficient (Wildman–Crippen LogP) is 1.91. The maximum atomic E-state index is 4.28. The molecule has 0 aromatic rings. The van der Waals surface area contributed by atoms with E-state index in [0.29, 0.717) is 0 Å². The summed E-state index contributed by atoms with van der Waals surface area (Å²) in [5.74, 6) is 1.28. The van der Waals surface area contributed by atoms with Crippen molar-refractivity contribution in [1.29, 1.82) is 0 Å². The molecule has 1 saturated heterocycles. The fourth-order valence-corrected chi connectivity index (χ4v) is 1.61. The van der Waals surface area contributed by atoms with Crippen molar-refractivity contribution in [2.75, 3.05) is 13.6 Å². The quantitative estimate of drug-likeness (QED) is 0.520. The van der Waals surface area contributed by atoms with Crippen molar-refractivity contribution in [3.8, 4) is 0 Å². The van der Waals surface area contributed by atoms with Gasteiger partial charge in [0.2, 0.25) is 0 Å². The van der Waals surface area contributed by atoms with E-state index in [2.05, 4.69) is 30.7 Å². The summed E-state index contributed by atoms with van der Waals surface area (Å²) >= 11 is 0. The van der Waals surface area contributed by atoms with Crippen LogP contribution in [0.15, 0.2) is 4.99 Å². The topological polar surface area (TPSA) is 15.6 Å². The van der Waals surface area contributed by atoms with Gasteiger partial charge in [-0.1, -0.05) is 0 Å². The van der Waals surface area contributed by atoms with Crippen molar-refractivity contribution in [2.45, 2.75) is 39.2 Å². The summed E-state index contributed by atoms with van der Waals surface area (Å²) in [6.45, 7) is 7.90. The van der Waals surface area contributed by atoms with Crippen LogP contribution in [0.5, 0.6) is 0 Å². The first kappa shape index (κ1) is 8.57. The molecule has 2 heteroatoms. The molecule has 64 valence electrons. The van der Waals surface area contributed by atoms with E-state index in [9.17, 15) is 0 Å². The molecule has 0 aliphatic carbocycles. The lowest BCUT2D eigenvalue weighted by Gasteiger charge is -2.33. The Balaban J connectivity index is 2.72. The van der Waals surface area contributed by atoms with Gasteiger partial charge in [-0.05, 0) is 27.2 Å². The van der Waals surface area contributed by atoms with Gasteiger partial charge >= 0.3 is 0 Å². The molecular weight excluding hydrogens is 136 g/mol. The Morgan fingerprint density at radius 2 is 2.00 bits per heavy atom. The van der Waals surface area contributed by atoms with Crippen LogP contribution in [0.1, 0.15) is 33.6 Å². The van der Waals surface area contributed by atoms with E-state index in [1.54, 1.807) is 0 Å². The van der Waals surface area contributed by atoms with E-state index in [4.69, 9.17) is 0 Å². The van der Waals surface area contributed by atoms with Crippen molar-refractivity contribution in [3.63, 3.8) is 0 Å². The van der Waals surface area contributed by atoms with Gasteiger partial charge in [-0.15, -0.1) is 0 Å². The fourth-order valence-electron chi connectivity index (χ4n) is 1.61. The van der Waals surface area contributed by atoms with Crippen molar-refractivity contribution >= 4 is 5.84 Å². The monoisotopic (exact) mass is 154 g/mol. The normalized spacial score (nSPS) is 23.3. The highest BCUT2D eigenvalue weighted by atomic mass is 15.2. The molecule has 0 atom stereocenters. The first-order chi connectivity index (χ1) is 5.05. The molecule has 0 unspecified atom stereocenters. The third kappa shape index (κ3) is 1.73. The third-order valence-corrected chi connectivity index (χ3v) is 2.16. The van der Waals surface area contributed by atoms with Gasteiger partial charge in [-0.25, -0.2) is 0 Å². The maximum absolute atomic E-state index is 4.28. The molecule has 0 saturated carbocycles. The van der Waals surface area contributed by atoms with Gasteiger partial charge in [0, 0.05) is 25.6 Å². The number of likely N-dealkylation sites (tertiary alicyclic amines) is 1. The molecule has 0 bridgehead atoms. The Hall–Kier alpha value is -0.530. The van der Waals surface area contributed by atoms with Crippen LogP contribution in [0.25, 0.3) is 0 Å². The molecule has 0 N–H and O–H groups in total. The molecule has 2 nitrogen and oxygen atoms in total. The van der Waals surface area contributed by atoms with Crippen molar-refractivity contribution < 1.29 is 0 Å². The minimum Gasteiger partial charge on any atom is -0.356 e. The summed E-state index contributed by atoms with van der Waals surface area (Å²) in [6, 6.07) is 0. The molecule has 1 heterocycles. The molecule has 1 aliphatic heterocycles. The molecule has 0 aromatic carbocycles. The summed E-state index contributed by atoms with van der Waals surface area (Å²) in [4.78, 5) is 6.67. The number of aliphatic imine (C=N–C) groups is 1. The van der Waals surface area contributed by atoms with Crippen LogP contribution in [-0.2, 0) is 0 Å². The molecular formula is C9H18N2. The largest absolute Gasteiger partial charge is 0.356 e. The highest BCUT2D eigenvalue weighted by molar-refractivity contribution is 5.84. The van der Waals surface area contributed by atoms with Crippen LogP contribution in [0.2, 0.25) is 0 Å². The van der Waals surface area contributed by atoms with Gasteiger partial charge < -0.3 is 4.90 Å². The summed E-state index contributed by atoms with van der Waals surface area (Å²) in [5.41, 5.74) is 0.255. The van der Waals surface area contributed by atoms with Crippen LogP contribution in [0, 0.1) is 0 Å². The number of hydrogen-bond donors (Lipinski definition) is 0. The zero-order valence-corrected chi connectivity index (χ0v) is 8.02. The number of amidine groups is 1. The Morgan fingerprint density at radius 3 is 2.36 bits per heavy atom. The lowest BCUT2D eigenvalue weighted by atomic mass is 10.1. The Morgan fingerprint density at radius 1 is 1.36 bits per heavy atom. The smallest absolute Gasteiger partial charge is 0.0990 e. The number of hydrogen-bond acceptors (Lipinski definition) is 1. The van der Waals surface area contributed by atoms with Gasteiger partial charge in [0.25, 0.3) is 0 Å². The molecule has 0 aromatic heterocycles. The number of rotatable bonds is 0. The second-order valence-electron chi connectivity index (χ2n) is 4.07. The van der Waals surface area contributed by atoms with Crippen LogP contribution in [0.4, 0.5) is 0 Å². The second kappa shape index (κ2) is 2.84. The minimum absolute atomic E-state index is 0.255. The molecule has 0 radical (unpaired) electrons. The average molecular weight is 154 g/mol. The van der Waals surface area contributed by atoms with Crippen LogP contribution < -0.4 is 0 Å². The minimum atomic E-state index is 0.255. The molecule has 1 rings (SSSR count). The van der Waals surface area contributed by atoms with Crippen LogP contribution in [0.3, 0.4) is 0 Å². The van der Waals surface area contributed by atoms with Crippen molar-refractivity contribution in [2.24, 2.45) is 4.99 Å².